The van der Waals surface area contributed by atoms with Crippen molar-refractivity contribution in [2.45, 2.75) is 25.0 Å². The van der Waals surface area contributed by atoms with Gasteiger partial charge in [0.25, 0.3) is 0 Å². The van der Waals surface area contributed by atoms with Crippen LogP contribution in [-0.2, 0) is 9.59 Å². The van der Waals surface area contributed by atoms with Crippen molar-refractivity contribution in [3.8, 4) is 0 Å². The zero-order chi connectivity index (χ0) is 9.72. The lowest BCUT2D eigenvalue weighted by atomic mass is 10.1. The molecule has 6 heteroatoms. The van der Waals surface area contributed by atoms with Gasteiger partial charge in [0, 0.05) is 0 Å². The number of carbonyl (C=O) groups is 2. The van der Waals surface area contributed by atoms with Gasteiger partial charge in [-0.05, 0) is 36.0 Å². The second-order valence-electron chi connectivity index (χ2n) is 2.22. The van der Waals surface area contributed by atoms with Gasteiger partial charge in [0.2, 0.25) is 10.5 Å². The van der Waals surface area contributed by atoms with Crippen LogP contribution in [0.4, 0.5) is 0 Å². The van der Waals surface area contributed by atoms with Crippen LogP contribution in [0.25, 0.3) is 0 Å². The maximum atomic E-state index is 10.2. The third-order valence-corrected chi connectivity index (χ3v) is 1.74. The lowest BCUT2D eigenvalue weighted by Crippen LogP contribution is -2.21. The van der Waals surface area contributed by atoms with E-state index in [9.17, 15) is 9.59 Å². The number of hydrogen-bond donors (Lipinski definition) is 2. The van der Waals surface area contributed by atoms with Crippen molar-refractivity contribution in [3.63, 3.8) is 0 Å². The molecule has 2 unspecified atom stereocenters. The van der Waals surface area contributed by atoms with E-state index in [0.717, 1.165) is 0 Å². The van der Waals surface area contributed by atoms with Crippen molar-refractivity contribution in [2.24, 2.45) is 0 Å². The van der Waals surface area contributed by atoms with E-state index in [1.165, 1.54) is 0 Å². The van der Waals surface area contributed by atoms with Crippen molar-refractivity contribution in [1.29, 1.82) is 0 Å². The Morgan fingerprint density at radius 3 is 1.42 bits per heavy atom. The molecule has 0 aliphatic heterocycles. The first-order chi connectivity index (χ1) is 5.45. The lowest BCUT2D eigenvalue weighted by Gasteiger charge is -2.07. The summed E-state index contributed by atoms with van der Waals surface area (Å²) in [6.07, 6.45) is -2.86. The minimum atomic E-state index is -1.35. The van der Waals surface area contributed by atoms with E-state index in [4.69, 9.17) is 33.4 Å². The second kappa shape index (κ2) is 5.48. The van der Waals surface area contributed by atoms with Crippen molar-refractivity contribution in [1.82, 2.24) is 0 Å². The van der Waals surface area contributed by atoms with Crippen LogP contribution in [0.15, 0.2) is 0 Å². The molecule has 0 aromatic rings. The summed E-state index contributed by atoms with van der Waals surface area (Å²) in [6.45, 7) is 0. The predicted octanol–water partition coefficient (Wildman–Crippen LogP) is 0.0192. The molecule has 0 aromatic heterocycles. The minimum Gasteiger partial charge on any atom is -0.384 e. The third kappa shape index (κ3) is 4.66. The van der Waals surface area contributed by atoms with Crippen molar-refractivity contribution >= 4 is 33.7 Å². The fourth-order valence-corrected chi connectivity index (χ4v) is 0.761. The number of hydrogen-bond acceptors (Lipinski definition) is 4. The molecule has 2 atom stereocenters. The SMILES string of the molecule is O=C(Cl)C(O)CCC(O)C(=O)Cl. The number of carbonyl (C=O) groups excluding carboxylic acids is 2. The molecule has 0 saturated heterocycles. The average Bonchev–Trinajstić information content (AvgIpc) is 1.98. The van der Waals surface area contributed by atoms with E-state index >= 15 is 0 Å². The zero-order valence-corrected chi connectivity index (χ0v) is 7.55. The van der Waals surface area contributed by atoms with E-state index in [1.807, 2.05) is 0 Å². The maximum Gasteiger partial charge on any atom is 0.250 e. The molecular formula is C6H8Cl2O4. The monoisotopic (exact) mass is 214 g/mol. The van der Waals surface area contributed by atoms with Crippen molar-refractivity contribution < 1.29 is 19.8 Å². The smallest absolute Gasteiger partial charge is 0.250 e. The molecule has 0 heterocycles. The van der Waals surface area contributed by atoms with Crippen LogP contribution in [0.3, 0.4) is 0 Å². The highest BCUT2D eigenvalue weighted by atomic mass is 35.5. The Labute approximate surface area is 79.1 Å². The Hall–Kier alpha value is -0.160. The molecule has 0 saturated carbocycles. The molecule has 2 N–H and O–H groups in total. The number of aliphatic hydroxyl groups is 2. The summed E-state index contributed by atoms with van der Waals surface area (Å²) in [5, 5.41) is 15.8. The molecule has 4 nitrogen and oxygen atoms in total. The summed E-state index contributed by atoms with van der Waals surface area (Å²) >= 11 is 9.81. The van der Waals surface area contributed by atoms with Gasteiger partial charge in [0.15, 0.2) is 0 Å². The van der Waals surface area contributed by atoms with Gasteiger partial charge in [-0.15, -0.1) is 0 Å². The Morgan fingerprint density at radius 2 is 1.25 bits per heavy atom. The highest BCUT2D eigenvalue weighted by molar-refractivity contribution is 6.65. The van der Waals surface area contributed by atoms with Gasteiger partial charge in [-0.3, -0.25) is 9.59 Å². The first-order valence-corrected chi connectivity index (χ1v) is 3.95. The molecular weight excluding hydrogens is 207 g/mol. The molecule has 0 amide bonds. The summed E-state index contributed by atoms with van der Waals surface area (Å²) in [5.74, 6) is 0. The fourth-order valence-electron chi connectivity index (χ4n) is 0.543. The van der Waals surface area contributed by atoms with Gasteiger partial charge >= 0.3 is 0 Å². The minimum absolute atomic E-state index is 0.0814. The number of rotatable bonds is 5. The Balaban J connectivity index is 3.68. The number of aliphatic hydroxyl groups excluding tert-OH is 2. The van der Waals surface area contributed by atoms with E-state index in [-0.39, 0.29) is 12.8 Å². The van der Waals surface area contributed by atoms with Crippen molar-refractivity contribution in [2.75, 3.05) is 0 Å². The molecule has 0 bridgehead atoms. The zero-order valence-electron chi connectivity index (χ0n) is 6.04. The first-order valence-electron chi connectivity index (χ1n) is 3.20. The van der Waals surface area contributed by atoms with E-state index < -0.39 is 22.7 Å². The Kier molecular flexibility index (Phi) is 5.41. The normalized spacial score (nSPS) is 15.3. The van der Waals surface area contributed by atoms with Crippen LogP contribution in [-0.4, -0.2) is 32.9 Å². The quantitative estimate of drug-likeness (QED) is 0.634. The van der Waals surface area contributed by atoms with Crippen molar-refractivity contribution in [3.05, 3.63) is 0 Å². The summed E-state index contributed by atoms with van der Waals surface area (Å²) in [4.78, 5) is 20.5. The molecule has 0 radical (unpaired) electrons. The maximum absolute atomic E-state index is 10.2. The van der Waals surface area contributed by atoms with Gasteiger partial charge < -0.3 is 10.2 Å². The average molecular weight is 215 g/mol. The predicted molar refractivity (Wildman–Crippen MR) is 43.0 cm³/mol. The standard InChI is InChI=1S/C6H8Cl2O4/c7-5(11)3(9)1-2-4(10)6(8)12/h3-4,9-10H,1-2H2. The Bertz CT molecular complexity index is 162. The summed E-state index contributed by atoms with van der Waals surface area (Å²) in [7, 11) is 0. The third-order valence-electron chi connectivity index (χ3n) is 1.24. The van der Waals surface area contributed by atoms with E-state index in [0.29, 0.717) is 0 Å². The first kappa shape index (κ1) is 11.8. The van der Waals surface area contributed by atoms with Crippen LogP contribution in [0, 0.1) is 0 Å². The topological polar surface area (TPSA) is 74.6 Å². The number of halogens is 2. The molecule has 0 rings (SSSR count). The highest BCUT2D eigenvalue weighted by Gasteiger charge is 2.17. The van der Waals surface area contributed by atoms with Crippen LogP contribution in [0.5, 0.6) is 0 Å². The Morgan fingerprint density at radius 1 is 1.00 bits per heavy atom. The molecule has 12 heavy (non-hydrogen) atoms. The largest absolute Gasteiger partial charge is 0.384 e. The second-order valence-corrected chi connectivity index (χ2v) is 2.96. The lowest BCUT2D eigenvalue weighted by molar-refractivity contribution is -0.122. The fraction of sp³-hybridized carbons (Fsp3) is 0.667. The van der Waals surface area contributed by atoms with E-state index in [1.54, 1.807) is 0 Å². The summed E-state index contributed by atoms with van der Waals surface area (Å²) < 4.78 is 0. The van der Waals surface area contributed by atoms with Crippen LogP contribution in [0.2, 0.25) is 0 Å². The van der Waals surface area contributed by atoms with Gasteiger partial charge in [-0.2, -0.15) is 0 Å². The molecule has 0 aliphatic rings. The van der Waals surface area contributed by atoms with Crippen LogP contribution >= 0.6 is 23.2 Å². The van der Waals surface area contributed by atoms with Gasteiger partial charge in [0.05, 0.1) is 0 Å². The van der Waals surface area contributed by atoms with Crippen LogP contribution in [0.1, 0.15) is 12.8 Å². The van der Waals surface area contributed by atoms with E-state index in [2.05, 4.69) is 0 Å². The molecule has 0 fully saturated rings. The summed E-state index contributed by atoms with van der Waals surface area (Å²) in [6, 6.07) is 0. The summed E-state index contributed by atoms with van der Waals surface area (Å²) in [5.41, 5.74) is 0. The molecule has 0 spiro atoms. The highest BCUT2D eigenvalue weighted by Crippen LogP contribution is 2.06. The van der Waals surface area contributed by atoms with Gasteiger partial charge in [-0.1, -0.05) is 0 Å². The molecule has 70 valence electrons. The molecule has 0 aliphatic carbocycles. The van der Waals surface area contributed by atoms with Gasteiger partial charge in [-0.25, -0.2) is 0 Å². The van der Waals surface area contributed by atoms with Gasteiger partial charge in [0.1, 0.15) is 12.2 Å². The van der Waals surface area contributed by atoms with Crippen LogP contribution < -0.4 is 0 Å². The molecule has 0 aromatic carbocycles.